The highest BCUT2D eigenvalue weighted by Gasteiger charge is 2.39. The summed E-state index contributed by atoms with van der Waals surface area (Å²) in [5.74, 6) is 0.944. The second-order valence-electron chi connectivity index (χ2n) is 10.7. The Labute approximate surface area is 234 Å². The molecule has 6 rings (SSSR count). The molecule has 0 bridgehead atoms. The van der Waals surface area contributed by atoms with E-state index in [-0.39, 0.29) is 24.4 Å². The predicted octanol–water partition coefficient (Wildman–Crippen LogP) is 2.43. The molecule has 0 aliphatic carbocycles. The summed E-state index contributed by atoms with van der Waals surface area (Å²) in [6.45, 7) is 6.92. The van der Waals surface area contributed by atoms with Gasteiger partial charge in [-0.1, -0.05) is 30.3 Å². The number of anilines is 2. The van der Waals surface area contributed by atoms with Gasteiger partial charge >= 0.3 is 6.01 Å². The molecule has 2 fully saturated rings. The molecule has 1 aromatic heterocycles. The van der Waals surface area contributed by atoms with Crippen LogP contribution >= 0.6 is 0 Å². The van der Waals surface area contributed by atoms with E-state index in [2.05, 4.69) is 64.5 Å². The van der Waals surface area contributed by atoms with E-state index >= 15 is 0 Å². The molecule has 2 aromatic carbocycles. The maximum absolute atomic E-state index is 12.9. The van der Waals surface area contributed by atoms with Crippen molar-refractivity contribution in [2.75, 3.05) is 62.8 Å². The molecular weight excluding hydrogens is 506 g/mol. The number of ether oxygens (including phenoxy) is 2. The van der Waals surface area contributed by atoms with Crippen LogP contribution in [0.4, 0.5) is 11.5 Å². The van der Waals surface area contributed by atoms with Gasteiger partial charge in [0.15, 0.2) is 0 Å². The summed E-state index contributed by atoms with van der Waals surface area (Å²) in [5.41, 5.74) is 4.53. The number of aromatic nitrogens is 2. The number of methoxy groups -OCH3 is 1. The summed E-state index contributed by atoms with van der Waals surface area (Å²) < 4.78 is 11.1. The highest BCUT2D eigenvalue weighted by Crippen LogP contribution is 2.36. The second-order valence-corrected chi connectivity index (χ2v) is 10.7. The van der Waals surface area contributed by atoms with Crippen molar-refractivity contribution in [2.24, 2.45) is 0 Å². The fraction of sp³-hybridized carbons (Fsp3) is 0.467. The van der Waals surface area contributed by atoms with E-state index in [9.17, 15) is 10.1 Å². The Bertz CT molecular complexity index is 1450. The number of fused-ring (bicyclic) bond motifs is 2. The van der Waals surface area contributed by atoms with Gasteiger partial charge in [-0.25, -0.2) is 0 Å². The molecule has 3 aliphatic rings. The van der Waals surface area contributed by atoms with Crippen molar-refractivity contribution in [2.45, 2.75) is 38.4 Å². The van der Waals surface area contributed by atoms with Crippen molar-refractivity contribution >= 4 is 28.2 Å². The molecule has 3 aromatic rings. The number of amides is 1. The molecule has 10 nitrogen and oxygen atoms in total. The number of hydrogen-bond donors (Lipinski definition) is 1. The predicted molar refractivity (Wildman–Crippen MR) is 153 cm³/mol. The van der Waals surface area contributed by atoms with Crippen LogP contribution in [0.2, 0.25) is 0 Å². The molecule has 40 heavy (non-hydrogen) atoms. The third-order valence-electron chi connectivity index (χ3n) is 8.07. The summed E-state index contributed by atoms with van der Waals surface area (Å²) in [5, 5.41) is 15.1. The van der Waals surface area contributed by atoms with E-state index in [0.29, 0.717) is 51.9 Å². The molecule has 10 heteroatoms. The zero-order chi connectivity index (χ0) is 27.6. The van der Waals surface area contributed by atoms with Crippen molar-refractivity contribution in [3.63, 3.8) is 0 Å². The maximum atomic E-state index is 12.9. The van der Waals surface area contributed by atoms with Gasteiger partial charge in [-0.15, -0.1) is 0 Å². The summed E-state index contributed by atoms with van der Waals surface area (Å²) in [4.78, 5) is 29.1. The fourth-order valence-electron chi connectivity index (χ4n) is 5.96. The Balaban J connectivity index is 1.32. The Kier molecular flexibility index (Phi) is 7.41. The monoisotopic (exact) mass is 541 g/mol. The molecule has 4 heterocycles. The van der Waals surface area contributed by atoms with Crippen LogP contribution in [0.3, 0.4) is 0 Å². The number of piperazine rings is 1. The topological polar surface area (TPSA) is 117 Å². The van der Waals surface area contributed by atoms with Crippen molar-refractivity contribution in [1.29, 1.82) is 5.26 Å². The van der Waals surface area contributed by atoms with E-state index in [1.54, 1.807) is 7.11 Å². The molecule has 1 unspecified atom stereocenters. The summed E-state index contributed by atoms with van der Waals surface area (Å²) in [6.07, 6.45) is 1.08. The van der Waals surface area contributed by atoms with E-state index in [1.807, 2.05) is 4.90 Å². The van der Waals surface area contributed by atoms with Crippen LogP contribution in [-0.4, -0.2) is 85.9 Å². The summed E-state index contributed by atoms with van der Waals surface area (Å²) >= 11 is 0. The standard InChI is InChI=1S/C30H35N7O3/c1-20-5-3-6-21-7-4-8-26(27(20)21)35-12-10-23-25(19-35)33-30(40-16-15-39-2)34-28(23)36-13-14-37(22(18-36)9-11-31)29(38)24-17-32-24/h3-8,22,24,32H,9-10,12-19H2,1-2H3/t22-,24?/m0/s1. The minimum Gasteiger partial charge on any atom is -0.461 e. The van der Waals surface area contributed by atoms with Crippen molar-refractivity contribution < 1.29 is 14.3 Å². The van der Waals surface area contributed by atoms with E-state index in [1.165, 1.54) is 22.0 Å². The Morgan fingerprint density at radius 1 is 1.12 bits per heavy atom. The number of nitrogens with one attached hydrogen (secondary N) is 1. The smallest absolute Gasteiger partial charge is 0.318 e. The third-order valence-corrected chi connectivity index (χ3v) is 8.07. The van der Waals surface area contributed by atoms with Gasteiger partial charge in [-0.05, 0) is 30.4 Å². The first-order chi connectivity index (χ1) is 19.6. The van der Waals surface area contributed by atoms with Gasteiger partial charge in [0.25, 0.3) is 0 Å². The number of carbonyl (C=O) groups excluding carboxylic acids is 1. The highest BCUT2D eigenvalue weighted by atomic mass is 16.5. The van der Waals surface area contributed by atoms with Crippen LogP contribution in [0, 0.1) is 18.3 Å². The van der Waals surface area contributed by atoms with Crippen LogP contribution in [0.5, 0.6) is 6.01 Å². The van der Waals surface area contributed by atoms with Gasteiger partial charge in [-0.2, -0.15) is 15.2 Å². The molecule has 1 N–H and O–H groups in total. The minimum absolute atomic E-state index is 0.0919. The van der Waals surface area contributed by atoms with Gasteiger partial charge < -0.3 is 29.5 Å². The van der Waals surface area contributed by atoms with Crippen molar-refractivity contribution in [3.05, 3.63) is 53.2 Å². The average molecular weight is 542 g/mol. The number of carbonyl (C=O) groups is 1. The van der Waals surface area contributed by atoms with Crippen LogP contribution < -0.4 is 19.9 Å². The van der Waals surface area contributed by atoms with Gasteiger partial charge in [0.2, 0.25) is 5.91 Å². The van der Waals surface area contributed by atoms with Crippen LogP contribution in [0.15, 0.2) is 36.4 Å². The van der Waals surface area contributed by atoms with E-state index < -0.39 is 0 Å². The zero-order valence-corrected chi connectivity index (χ0v) is 23.1. The molecule has 0 radical (unpaired) electrons. The fourth-order valence-corrected chi connectivity index (χ4v) is 5.96. The second kappa shape index (κ2) is 11.3. The largest absolute Gasteiger partial charge is 0.461 e. The van der Waals surface area contributed by atoms with Crippen LogP contribution in [-0.2, 0) is 22.5 Å². The van der Waals surface area contributed by atoms with Gasteiger partial charge in [0.05, 0.1) is 43.4 Å². The molecule has 1 amide bonds. The lowest BCUT2D eigenvalue weighted by atomic mass is 9.99. The number of nitrogens with zero attached hydrogens (tertiary/aromatic N) is 6. The SMILES string of the molecule is COCCOc1nc2c(c(N3CCN(C(=O)C4CN4)[C@@H](CC#N)C3)n1)CCN(c1cccc3cccc(C)c13)C2. The molecular formula is C30H35N7O3. The maximum Gasteiger partial charge on any atom is 0.318 e. The Morgan fingerprint density at radius 2 is 1.95 bits per heavy atom. The first-order valence-electron chi connectivity index (χ1n) is 14.0. The number of hydrogen-bond acceptors (Lipinski definition) is 9. The molecule has 0 spiro atoms. The minimum atomic E-state index is -0.184. The number of benzene rings is 2. The zero-order valence-electron chi connectivity index (χ0n) is 23.1. The lowest BCUT2D eigenvalue weighted by molar-refractivity contribution is -0.133. The van der Waals surface area contributed by atoms with Crippen LogP contribution in [0.1, 0.15) is 23.2 Å². The number of nitriles is 1. The first-order valence-corrected chi connectivity index (χ1v) is 14.0. The van der Waals surface area contributed by atoms with Gasteiger partial charge in [0.1, 0.15) is 12.4 Å². The first kappa shape index (κ1) is 26.3. The summed E-state index contributed by atoms with van der Waals surface area (Å²) in [7, 11) is 1.64. The highest BCUT2D eigenvalue weighted by molar-refractivity contribution is 5.97. The van der Waals surface area contributed by atoms with Crippen molar-refractivity contribution in [3.8, 4) is 12.1 Å². The average Bonchev–Trinajstić information content (AvgIpc) is 3.82. The van der Waals surface area contributed by atoms with Crippen LogP contribution in [0.25, 0.3) is 10.8 Å². The molecule has 3 aliphatic heterocycles. The normalized spacial score (nSPS) is 20.3. The van der Waals surface area contributed by atoms with E-state index in [0.717, 1.165) is 30.0 Å². The number of aryl methyl sites for hydroxylation is 1. The lowest BCUT2D eigenvalue weighted by Crippen LogP contribution is -2.57. The van der Waals surface area contributed by atoms with Gasteiger partial charge in [0, 0.05) is 56.5 Å². The molecule has 208 valence electrons. The van der Waals surface area contributed by atoms with Gasteiger partial charge in [-0.3, -0.25) is 4.79 Å². The van der Waals surface area contributed by atoms with Crippen molar-refractivity contribution in [1.82, 2.24) is 20.2 Å². The Hall–Kier alpha value is -3.94. The number of rotatable bonds is 8. The molecule has 2 atom stereocenters. The Morgan fingerprint density at radius 3 is 2.73 bits per heavy atom. The molecule has 2 saturated heterocycles. The summed E-state index contributed by atoms with van der Waals surface area (Å²) in [6, 6.07) is 15.2. The third kappa shape index (κ3) is 5.15. The lowest BCUT2D eigenvalue weighted by Gasteiger charge is -2.42. The quantitative estimate of drug-likeness (QED) is 0.339. The molecule has 0 saturated carbocycles. The van der Waals surface area contributed by atoms with E-state index in [4.69, 9.17) is 19.4 Å².